The highest BCUT2D eigenvalue weighted by atomic mass is 32.2. The fourth-order valence-electron chi connectivity index (χ4n) is 1.32. The van der Waals surface area contributed by atoms with E-state index in [-0.39, 0.29) is 12.0 Å². The molecule has 0 bridgehead atoms. The highest BCUT2D eigenvalue weighted by Crippen LogP contribution is 2.11. The highest BCUT2D eigenvalue weighted by molar-refractivity contribution is 7.99. The molecule has 1 aliphatic heterocycles. The molecule has 4 heteroatoms. The van der Waals surface area contributed by atoms with Gasteiger partial charge in [0.15, 0.2) is 0 Å². The largest absolute Gasteiger partial charge is 0.372 e. The van der Waals surface area contributed by atoms with Gasteiger partial charge >= 0.3 is 0 Å². The fourth-order valence-corrected chi connectivity index (χ4v) is 2.21. The van der Waals surface area contributed by atoms with Crippen molar-refractivity contribution in [2.75, 3.05) is 31.7 Å². The predicted molar refractivity (Wildman–Crippen MR) is 55.0 cm³/mol. The molecule has 1 heterocycles. The van der Waals surface area contributed by atoms with Gasteiger partial charge in [-0.25, -0.2) is 0 Å². The van der Waals surface area contributed by atoms with E-state index < -0.39 is 0 Å². The second-order valence-corrected chi connectivity index (χ2v) is 4.39. The van der Waals surface area contributed by atoms with Crippen LogP contribution in [0.4, 0.5) is 0 Å². The van der Waals surface area contributed by atoms with E-state index in [0.29, 0.717) is 0 Å². The lowest BCUT2D eigenvalue weighted by atomic mass is 10.3. The minimum Gasteiger partial charge on any atom is -0.372 e. The number of ether oxygens (including phenoxy) is 1. The van der Waals surface area contributed by atoms with E-state index >= 15 is 0 Å². The Morgan fingerprint density at radius 2 is 2.23 bits per heavy atom. The molecule has 0 radical (unpaired) electrons. The van der Waals surface area contributed by atoms with Gasteiger partial charge in [-0.3, -0.25) is 4.79 Å². The number of thioether (sulfide) groups is 1. The summed E-state index contributed by atoms with van der Waals surface area (Å²) < 4.78 is 5.01. The zero-order valence-corrected chi connectivity index (χ0v) is 9.10. The van der Waals surface area contributed by atoms with Crippen molar-refractivity contribution in [3.63, 3.8) is 0 Å². The van der Waals surface area contributed by atoms with Crippen molar-refractivity contribution in [1.29, 1.82) is 0 Å². The van der Waals surface area contributed by atoms with Crippen molar-refractivity contribution in [2.24, 2.45) is 0 Å². The van der Waals surface area contributed by atoms with Crippen molar-refractivity contribution < 1.29 is 9.53 Å². The molecule has 0 aromatic carbocycles. The van der Waals surface area contributed by atoms with Crippen LogP contribution in [-0.2, 0) is 9.53 Å². The molecule has 0 spiro atoms. The Morgan fingerprint density at radius 1 is 1.46 bits per heavy atom. The van der Waals surface area contributed by atoms with E-state index in [1.807, 2.05) is 16.7 Å². The van der Waals surface area contributed by atoms with E-state index in [1.165, 1.54) is 5.75 Å². The van der Waals surface area contributed by atoms with Gasteiger partial charge in [-0.1, -0.05) is 0 Å². The molecule has 1 amide bonds. The molecule has 0 aromatic heterocycles. The van der Waals surface area contributed by atoms with Crippen LogP contribution in [0.15, 0.2) is 0 Å². The summed E-state index contributed by atoms with van der Waals surface area (Å²) in [5.74, 6) is 2.36. The van der Waals surface area contributed by atoms with Gasteiger partial charge in [0, 0.05) is 26.0 Å². The normalized spacial score (nSPS) is 20.9. The standard InChI is InChI=1S/C9H17NO2S/c1-8(12-2)9(11)10-4-3-6-13-7-5-10/h8H,3-7H2,1-2H3. The van der Waals surface area contributed by atoms with Crippen molar-refractivity contribution in [1.82, 2.24) is 4.90 Å². The SMILES string of the molecule is COC(C)C(=O)N1CCCSCC1. The van der Waals surface area contributed by atoms with Crippen LogP contribution >= 0.6 is 11.8 Å². The Kier molecular flexibility index (Phi) is 4.59. The molecule has 1 rings (SSSR count). The maximum absolute atomic E-state index is 11.7. The van der Waals surface area contributed by atoms with E-state index in [9.17, 15) is 4.79 Å². The second kappa shape index (κ2) is 5.50. The van der Waals surface area contributed by atoms with Crippen molar-refractivity contribution in [3.8, 4) is 0 Å². The van der Waals surface area contributed by atoms with Crippen LogP contribution in [0.3, 0.4) is 0 Å². The monoisotopic (exact) mass is 203 g/mol. The van der Waals surface area contributed by atoms with Gasteiger partial charge in [0.25, 0.3) is 5.91 Å². The first-order chi connectivity index (χ1) is 6.25. The van der Waals surface area contributed by atoms with Crippen LogP contribution < -0.4 is 0 Å². The lowest BCUT2D eigenvalue weighted by molar-refractivity contribution is -0.140. The van der Waals surface area contributed by atoms with Gasteiger partial charge < -0.3 is 9.64 Å². The van der Waals surface area contributed by atoms with Crippen molar-refractivity contribution in [2.45, 2.75) is 19.4 Å². The number of carbonyl (C=O) groups excluding carboxylic acids is 1. The Bertz CT molecular complexity index is 167. The lowest BCUT2D eigenvalue weighted by Crippen LogP contribution is -2.39. The Morgan fingerprint density at radius 3 is 2.92 bits per heavy atom. The number of rotatable bonds is 2. The molecule has 13 heavy (non-hydrogen) atoms. The van der Waals surface area contributed by atoms with Gasteiger partial charge in [0.2, 0.25) is 0 Å². The highest BCUT2D eigenvalue weighted by Gasteiger charge is 2.20. The summed E-state index contributed by atoms with van der Waals surface area (Å²) in [5.41, 5.74) is 0. The third-order valence-corrected chi connectivity index (χ3v) is 3.28. The lowest BCUT2D eigenvalue weighted by Gasteiger charge is -2.22. The first-order valence-corrected chi connectivity index (χ1v) is 5.80. The second-order valence-electron chi connectivity index (χ2n) is 3.17. The first kappa shape index (κ1) is 10.9. The zero-order valence-electron chi connectivity index (χ0n) is 8.28. The van der Waals surface area contributed by atoms with Gasteiger partial charge in [0.05, 0.1) is 0 Å². The smallest absolute Gasteiger partial charge is 0.251 e. The Labute approximate surface area is 83.8 Å². The number of methoxy groups -OCH3 is 1. The summed E-state index contributed by atoms with van der Waals surface area (Å²) in [6.45, 7) is 3.57. The van der Waals surface area contributed by atoms with Crippen molar-refractivity contribution in [3.05, 3.63) is 0 Å². The third-order valence-electron chi connectivity index (χ3n) is 2.24. The quantitative estimate of drug-likeness (QED) is 0.670. The summed E-state index contributed by atoms with van der Waals surface area (Å²) in [4.78, 5) is 13.6. The number of hydrogen-bond acceptors (Lipinski definition) is 3. The minimum absolute atomic E-state index is 0.130. The predicted octanol–water partition coefficient (Wildman–Crippen LogP) is 0.987. The van der Waals surface area contributed by atoms with Crippen LogP contribution in [0.1, 0.15) is 13.3 Å². The first-order valence-electron chi connectivity index (χ1n) is 4.65. The molecular formula is C9H17NO2S. The minimum atomic E-state index is -0.289. The molecule has 3 nitrogen and oxygen atoms in total. The average molecular weight is 203 g/mol. The fraction of sp³-hybridized carbons (Fsp3) is 0.889. The summed E-state index contributed by atoms with van der Waals surface area (Å²) >= 11 is 1.92. The molecule has 1 aliphatic rings. The van der Waals surface area contributed by atoms with Gasteiger partial charge in [0.1, 0.15) is 6.10 Å². The van der Waals surface area contributed by atoms with E-state index in [4.69, 9.17) is 4.74 Å². The maximum atomic E-state index is 11.7. The van der Waals surface area contributed by atoms with Crippen LogP contribution in [-0.4, -0.2) is 48.6 Å². The number of carbonyl (C=O) groups is 1. The average Bonchev–Trinajstić information content (AvgIpc) is 2.43. The molecular weight excluding hydrogens is 186 g/mol. The van der Waals surface area contributed by atoms with Crippen LogP contribution in [0, 0.1) is 0 Å². The molecule has 0 aliphatic carbocycles. The van der Waals surface area contributed by atoms with Gasteiger partial charge in [-0.15, -0.1) is 0 Å². The Hall–Kier alpha value is -0.220. The molecule has 0 N–H and O–H groups in total. The summed E-state index contributed by atoms with van der Waals surface area (Å²) in [6.07, 6.45) is 0.815. The number of nitrogens with zero attached hydrogens (tertiary/aromatic N) is 1. The molecule has 1 fully saturated rings. The summed E-state index contributed by atoms with van der Waals surface area (Å²) in [7, 11) is 1.58. The molecule has 1 atom stereocenters. The van der Waals surface area contributed by atoms with Crippen LogP contribution in [0.2, 0.25) is 0 Å². The number of amides is 1. The molecule has 1 saturated heterocycles. The van der Waals surface area contributed by atoms with E-state index in [1.54, 1.807) is 14.0 Å². The van der Waals surface area contributed by atoms with Crippen LogP contribution in [0.25, 0.3) is 0 Å². The van der Waals surface area contributed by atoms with Crippen molar-refractivity contribution >= 4 is 17.7 Å². The van der Waals surface area contributed by atoms with Gasteiger partial charge in [-0.2, -0.15) is 11.8 Å². The number of hydrogen-bond donors (Lipinski definition) is 0. The maximum Gasteiger partial charge on any atom is 0.251 e. The molecule has 1 unspecified atom stereocenters. The molecule has 76 valence electrons. The molecule has 0 aromatic rings. The third kappa shape index (κ3) is 3.19. The topological polar surface area (TPSA) is 29.5 Å². The summed E-state index contributed by atoms with van der Waals surface area (Å²) in [6, 6.07) is 0. The van der Waals surface area contributed by atoms with Crippen LogP contribution in [0.5, 0.6) is 0 Å². The Balaban J connectivity index is 2.43. The van der Waals surface area contributed by atoms with Gasteiger partial charge in [-0.05, 0) is 19.1 Å². The zero-order chi connectivity index (χ0) is 9.68. The molecule has 0 saturated carbocycles. The van der Waals surface area contributed by atoms with E-state index in [0.717, 1.165) is 25.3 Å². The summed E-state index contributed by atoms with van der Waals surface area (Å²) in [5, 5.41) is 0. The van der Waals surface area contributed by atoms with E-state index in [2.05, 4.69) is 0 Å².